The van der Waals surface area contributed by atoms with Crippen molar-refractivity contribution in [1.82, 2.24) is 10.9 Å². The molecule has 178 valence electrons. The van der Waals surface area contributed by atoms with Gasteiger partial charge in [-0.05, 0) is 60.2 Å². The maximum absolute atomic E-state index is 12.5. The molecule has 0 aliphatic rings. The predicted octanol–water partition coefficient (Wildman–Crippen LogP) is 4.53. The summed E-state index contributed by atoms with van der Waals surface area (Å²) in [5.74, 6) is 0.908. The van der Waals surface area contributed by atoms with E-state index in [1.54, 1.807) is 37.3 Å². The number of rotatable bonds is 9. The molecule has 0 saturated carbocycles. The lowest BCUT2D eigenvalue weighted by Gasteiger charge is -2.16. The minimum atomic E-state index is -0.809. The predicted molar refractivity (Wildman–Crippen MR) is 134 cm³/mol. The van der Waals surface area contributed by atoms with Crippen molar-refractivity contribution in [2.75, 3.05) is 13.2 Å². The van der Waals surface area contributed by atoms with Gasteiger partial charge in [-0.25, -0.2) is 0 Å². The van der Waals surface area contributed by atoms with Crippen molar-refractivity contribution < 1.29 is 23.8 Å². The van der Waals surface area contributed by atoms with E-state index in [0.717, 1.165) is 16.5 Å². The van der Waals surface area contributed by atoms with E-state index in [0.29, 0.717) is 30.3 Å². The quantitative estimate of drug-likeness (QED) is 0.277. The fraction of sp³-hybridized carbons (Fsp3) is 0.143. The molecule has 4 aromatic rings. The second-order valence-electron chi connectivity index (χ2n) is 7.75. The van der Waals surface area contributed by atoms with Crippen molar-refractivity contribution >= 4 is 22.6 Å². The molecule has 0 aliphatic heterocycles. The number of fused-ring (bicyclic) bond motifs is 1. The molecule has 0 spiro atoms. The second-order valence-corrected chi connectivity index (χ2v) is 7.75. The highest BCUT2D eigenvalue weighted by atomic mass is 16.5. The summed E-state index contributed by atoms with van der Waals surface area (Å²) in [5.41, 5.74) is 5.16. The molecular formula is C28H26N2O5. The van der Waals surface area contributed by atoms with Crippen LogP contribution in [0.25, 0.3) is 10.8 Å². The van der Waals surface area contributed by atoms with Crippen molar-refractivity contribution in [3.05, 3.63) is 103 Å². The van der Waals surface area contributed by atoms with Crippen molar-refractivity contribution in [2.24, 2.45) is 0 Å². The highest BCUT2D eigenvalue weighted by molar-refractivity contribution is 5.96. The zero-order valence-corrected chi connectivity index (χ0v) is 19.3. The maximum atomic E-state index is 12.5. The third-order valence-electron chi connectivity index (χ3n) is 5.16. The molecule has 0 aliphatic carbocycles. The third-order valence-corrected chi connectivity index (χ3v) is 5.16. The normalized spacial score (nSPS) is 11.3. The molecule has 35 heavy (non-hydrogen) atoms. The van der Waals surface area contributed by atoms with Crippen molar-refractivity contribution in [1.29, 1.82) is 0 Å². The molecule has 4 rings (SSSR count). The average molecular weight is 471 g/mol. The van der Waals surface area contributed by atoms with E-state index in [1.807, 2.05) is 66.7 Å². The Hall–Kier alpha value is -4.52. The molecule has 0 radical (unpaired) electrons. The van der Waals surface area contributed by atoms with Gasteiger partial charge in [0.25, 0.3) is 11.8 Å². The van der Waals surface area contributed by atoms with Crippen molar-refractivity contribution in [3.63, 3.8) is 0 Å². The van der Waals surface area contributed by atoms with E-state index >= 15 is 0 Å². The van der Waals surface area contributed by atoms with Gasteiger partial charge in [0.05, 0.1) is 0 Å². The summed E-state index contributed by atoms with van der Waals surface area (Å²) >= 11 is 0. The standard InChI is InChI=1S/C28H26N2O5/c1-20(35-26-15-14-21-8-5-6-9-22(21)18-26)27(31)29-30-28(32)23-10-7-13-25(19-23)34-17-16-33-24-11-3-2-4-12-24/h2-15,18-20H,16-17H2,1H3,(H,29,31)(H,30,32). The summed E-state index contributed by atoms with van der Waals surface area (Å²) < 4.78 is 17.0. The van der Waals surface area contributed by atoms with Crippen LogP contribution in [0.5, 0.6) is 17.2 Å². The third kappa shape index (κ3) is 6.74. The van der Waals surface area contributed by atoms with Gasteiger partial charge in [0.1, 0.15) is 30.5 Å². The Kier molecular flexibility index (Phi) is 7.81. The molecule has 0 fully saturated rings. The topological polar surface area (TPSA) is 85.9 Å². The van der Waals surface area contributed by atoms with Crippen LogP contribution in [0.3, 0.4) is 0 Å². The Balaban J connectivity index is 1.23. The molecule has 2 amide bonds. The van der Waals surface area contributed by atoms with Gasteiger partial charge in [-0.15, -0.1) is 0 Å². The fourth-order valence-corrected chi connectivity index (χ4v) is 3.35. The first-order valence-corrected chi connectivity index (χ1v) is 11.2. The zero-order valence-electron chi connectivity index (χ0n) is 19.3. The zero-order chi connectivity index (χ0) is 24.5. The molecule has 0 heterocycles. The fourth-order valence-electron chi connectivity index (χ4n) is 3.35. The second kappa shape index (κ2) is 11.6. The van der Waals surface area contributed by atoms with Gasteiger partial charge >= 0.3 is 0 Å². The summed E-state index contributed by atoms with van der Waals surface area (Å²) in [6.45, 7) is 2.30. The molecule has 0 saturated heterocycles. The monoisotopic (exact) mass is 470 g/mol. The Morgan fingerprint density at radius 1 is 0.686 bits per heavy atom. The van der Waals surface area contributed by atoms with Crippen LogP contribution in [-0.2, 0) is 4.79 Å². The van der Waals surface area contributed by atoms with Crippen LogP contribution in [0.15, 0.2) is 97.1 Å². The summed E-state index contributed by atoms with van der Waals surface area (Å²) in [6, 6.07) is 29.6. The van der Waals surface area contributed by atoms with E-state index in [-0.39, 0.29) is 0 Å². The number of para-hydroxylation sites is 1. The summed E-state index contributed by atoms with van der Waals surface area (Å²) in [6.07, 6.45) is -0.809. The smallest absolute Gasteiger partial charge is 0.279 e. The summed E-state index contributed by atoms with van der Waals surface area (Å²) in [4.78, 5) is 24.9. The Morgan fingerprint density at radius 2 is 1.37 bits per heavy atom. The number of carbonyl (C=O) groups excluding carboxylic acids is 2. The largest absolute Gasteiger partial charge is 0.490 e. The first kappa shape index (κ1) is 23.6. The van der Waals surface area contributed by atoms with Gasteiger partial charge in [-0.3, -0.25) is 20.4 Å². The average Bonchev–Trinajstić information content (AvgIpc) is 2.90. The molecule has 1 unspecified atom stereocenters. The number of nitrogens with one attached hydrogen (secondary N) is 2. The Labute approximate surface area is 203 Å². The van der Waals surface area contributed by atoms with Crippen molar-refractivity contribution in [2.45, 2.75) is 13.0 Å². The molecule has 7 nitrogen and oxygen atoms in total. The van der Waals surface area contributed by atoms with Gasteiger partial charge in [0.15, 0.2) is 6.10 Å². The van der Waals surface area contributed by atoms with Gasteiger partial charge in [-0.2, -0.15) is 0 Å². The highest BCUT2D eigenvalue weighted by Gasteiger charge is 2.16. The lowest BCUT2D eigenvalue weighted by atomic mass is 10.1. The number of carbonyl (C=O) groups is 2. The lowest BCUT2D eigenvalue weighted by molar-refractivity contribution is -0.128. The van der Waals surface area contributed by atoms with E-state index < -0.39 is 17.9 Å². The van der Waals surface area contributed by atoms with Gasteiger partial charge in [0.2, 0.25) is 0 Å². The van der Waals surface area contributed by atoms with Gasteiger partial charge in [0, 0.05) is 5.56 Å². The molecule has 2 N–H and O–H groups in total. The molecular weight excluding hydrogens is 444 g/mol. The Bertz CT molecular complexity index is 1290. The SMILES string of the molecule is CC(Oc1ccc2ccccc2c1)C(=O)NNC(=O)c1cccc(OCCOc2ccccc2)c1. The van der Waals surface area contributed by atoms with Crippen LogP contribution in [0, 0.1) is 0 Å². The molecule has 7 heteroatoms. The van der Waals surface area contributed by atoms with Crippen LogP contribution in [0.2, 0.25) is 0 Å². The minimum Gasteiger partial charge on any atom is -0.490 e. The first-order chi connectivity index (χ1) is 17.1. The first-order valence-electron chi connectivity index (χ1n) is 11.2. The van der Waals surface area contributed by atoms with E-state index in [1.165, 1.54) is 0 Å². The number of amides is 2. The molecule has 0 bridgehead atoms. The molecule has 0 aromatic heterocycles. The Morgan fingerprint density at radius 3 is 2.17 bits per heavy atom. The molecule has 1 atom stereocenters. The van der Waals surface area contributed by atoms with Crippen LogP contribution < -0.4 is 25.1 Å². The minimum absolute atomic E-state index is 0.320. The lowest BCUT2D eigenvalue weighted by Crippen LogP contribution is -2.47. The number of hydrogen-bond acceptors (Lipinski definition) is 5. The van der Waals surface area contributed by atoms with Gasteiger partial charge in [-0.1, -0.05) is 54.6 Å². The summed E-state index contributed by atoms with van der Waals surface area (Å²) in [5, 5.41) is 2.10. The van der Waals surface area contributed by atoms with Crippen LogP contribution in [0.1, 0.15) is 17.3 Å². The molecule has 4 aromatic carbocycles. The van der Waals surface area contributed by atoms with Gasteiger partial charge < -0.3 is 14.2 Å². The number of ether oxygens (including phenoxy) is 3. The van der Waals surface area contributed by atoms with Crippen LogP contribution >= 0.6 is 0 Å². The summed E-state index contributed by atoms with van der Waals surface area (Å²) in [7, 11) is 0. The van der Waals surface area contributed by atoms with E-state index in [2.05, 4.69) is 10.9 Å². The van der Waals surface area contributed by atoms with Crippen molar-refractivity contribution in [3.8, 4) is 17.2 Å². The maximum Gasteiger partial charge on any atom is 0.279 e. The van der Waals surface area contributed by atoms with Crippen LogP contribution in [-0.4, -0.2) is 31.1 Å². The van der Waals surface area contributed by atoms with E-state index in [4.69, 9.17) is 14.2 Å². The van der Waals surface area contributed by atoms with Crippen LogP contribution in [0.4, 0.5) is 0 Å². The highest BCUT2D eigenvalue weighted by Crippen LogP contribution is 2.21. The number of benzene rings is 4. The van der Waals surface area contributed by atoms with E-state index in [9.17, 15) is 9.59 Å². The number of hydrazine groups is 1. The number of hydrogen-bond donors (Lipinski definition) is 2.